The van der Waals surface area contributed by atoms with Gasteiger partial charge in [-0.05, 0) is 24.1 Å². The summed E-state index contributed by atoms with van der Waals surface area (Å²) in [6.45, 7) is 2.73. The van der Waals surface area contributed by atoms with Crippen LogP contribution in [0.5, 0.6) is 0 Å². The van der Waals surface area contributed by atoms with E-state index in [0.717, 1.165) is 23.0 Å². The van der Waals surface area contributed by atoms with Crippen molar-refractivity contribution in [3.63, 3.8) is 0 Å². The van der Waals surface area contributed by atoms with Crippen LogP contribution >= 0.6 is 11.8 Å². The highest BCUT2D eigenvalue weighted by Gasteiger charge is 2.08. The lowest BCUT2D eigenvalue weighted by molar-refractivity contribution is 0.708. The number of rotatable bonds is 5. The molecule has 26 heavy (non-hydrogen) atoms. The van der Waals surface area contributed by atoms with Gasteiger partial charge in [0.25, 0.3) is 5.56 Å². The zero-order valence-corrected chi connectivity index (χ0v) is 15.2. The first-order chi connectivity index (χ1) is 12.7. The fraction of sp³-hybridized carbons (Fsp3) is 0.150. The first kappa shape index (κ1) is 16.6. The molecule has 130 valence electrons. The zero-order valence-electron chi connectivity index (χ0n) is 14.4. The molecule has 0 aliphatic carbocycles. The van der Waals surface area contributed by atoms with E-state index in [1.165, 1.54) is 5.56 Å². The number of thioether (sulfide) groups is 1. The van der Waals surface area contributed by atoms with Gasteiger partial charge in [0.15, 0.2) is 5.16 Å². The minimum atomic E-state index is -0.0538. The minimum Gasteiger partial charge on any atom is -0.322 e. The third kappa shape index (κ3) is 3.55. The van der Waals surface area contributed by atoms with E-state index in [2.05, 4.69) is 26.7 Å². The molecule has 5 nitrogen and oxygen atoms in total. The fourth-order valence-electron chi connectivity index (χ4n) is 2.81. The maximum Gasteiger partial charge on any atom is 0.258 e. The van der Waals surface area contributed by atoms with Gasteiger partial charge in [0.2, 0.25) is 0 Å². The van der Waals surface area contributed by atoms with Crippen LogP contribution in [0.25, 0.3) is 5.65 Å². The van der Waals surface area contributed by atoms with Gasteiger partial charge in [-0.15, -0.1) is 0 Å². The number of benzene rings is 1. The second-order valence-electron chi connectivity index (χ2n) is 6.13. The predicted molar refractivity (Wildman–Crippen MR) is 104 cm³/mol. The Kier molecular flexibility index (Phi) is 4.58. The number of fused-ring (bicyclic) bond motifs is 1. The summed E-state index contributed by atoms with van der Waals surface area (Å²) in [5.41, 5.74) is 3.64. The van der Waals surface area contributed by atoms with Gasteiger partial charge in [-0.2, -0.15) is 0 Å². The molecule has 1 aromatic carbocycles. The second-order valence-corrected chi connectivity index (χ2v) is 7.07. The number of aryl methyl sites for hydroxylation is 1. The molecule has 4 rings (SSSR count). The van der Waals surface area contributed by atoms with Crippen LogP contribution in [0.15, 0.2) is 77.1 Å². The molecular formula is C20H18N4OS. The van der Waals surface area contributed by atoms with E-state index >= 15 is 0 Å². The van der Waals surface area contributed by atoms with Crippen LogP contribution in [-0.4, -0.2) is 18.9 Å². The second kappa shape index (κ2) is 7.17. The van der Waals surface area contributed by atoms with Gasteiger partial charge in [-0.3, -0.25) is 9.20 Å². The van der Waals surface area contributed by atoms with Gasteiger partial charge < -0.3 is 4.57 Å². The van der Waals surface area contributed by atoms with E-state index < -0.39 is 0 Å². The fourth-order valence-corrected chi connectivity index (χ4v) is 3.66. The molecule has 0 atom stereocenters. The summed E-state index contributed by atoms with van der Waals surface area (Å²) in [6, 6.07) is 15.7. The predicted octanol–water partition coefficient (Wildman–Crippen LogP) is 3.54. The summed E-state index contributed by atoms with van der Waals surface area (Å²) in [5, 5.41) is 0.916. The highest BCUT2D eigenvalue weighted by molar-refractivity contribution is 7.98. The van der Waals surface area contributed by atoms with Crippen molar-refractivity contribution >= 4 is 17.4 Å². The van der Waals surface area contributed by atoms with Crippen molar-refractivity contribution < 1.29 is 0 Å². The van der Waals surface area contributed by atoms with Crippen LogP contribution in [-0.2, 0) is 12.3 Å². The van der Waals surface area contributed by atoms with E-state index in [1.807, 2.05) is 49.6 Å². The van der Waals surface area contributed by atoms with Crippen molar-refractivity contribution in [2.75, 3.05) is 0 Å². The Balaban J connectivity index is 1.53. The van der Waals surface area contributed by atoms with Gasteiger partial charge in [0.05, 0.1) is 5.69 Å². The van der Waals surface area contributed by atoms with Crippen LogP contribution in [0.2, 0.25) is 0 Å². The molecule has 0 fully saturated rings. The number of imidazole rings is 1. The van der Waals surface area contributed by atoms with Crippen LogP contribution < -0.4 is 5.56 Å². The highest BCUT2D eigenvalue weighted by Crippen LogP contribution is 2.21. The molecule has 3 aromatic heterocycles. The molecule has 0 aliphatic rings. The minimum absolute atomic E-state index is 0.0538. The van der Waals surface area contributed by atoms with Gasteiger partial charge in [0.1, 0.15) is 5.65 Å². The van der Waals surface area contributed by atoms with Crippen molar-refractivity contribution in [3.05, 3.63) is 94.3 Å². The number of hydrogen-bond acceptors (Lipinski definition) is 4. The van der Waals surface area contributed by atoms with Crippen molar-refractivity contribution in [2.45, 2.75) is 24.4 Å². The van der Waals surface area contributed by atoms with Gasteiger partial charge >= 0.3 is 0 Å². The van der Waals surface area contributed by atoms with Crippen LogP contribution in [0.1, 0.15) is 16.8 Å². The third-order valence-corrected chi connectivity index (χ3v) is 5.12. The Hall–Kier alpha value is -2.86. The molecule has 0 N–H and O–H groups in total. The Bertz CT molecular complexity index is 1100. The average Bonchev–Trinajstić information content (AvgIpc) is 3.08. The van der Waals surface area contributed by atoms with E-state index in [0.29, 0.717) is 11.4 Å². The van der Waals surface area contributed by atoms with Crippen molar-refractivity contribution in [1.82, 2.24) is 18.9 Å². The first-order valence-corrected chi connectivity index (χ1v) is 9.34. The van der Waals surface area contributed by atoms with Crippen LogP contribution in [0.4, 0.5) is 0 Å². The van der Waals surface area contributed by atoms with Crippen molar-refractivity contribution in [1.29, 1.82) is 0 Å². The lowest BCUT2D eigenvalue weighted by Gasteiger charge is -2.08. The number of aromatic nitrogens is 4. The average molecular weight is 362 g/mol. The molecule has 4 aromatic rings. The largest absolute Gasteiger partial charge is 0.322 e. The van der Waals surface area contributed by atoms with E-state index in [4.69, 9.17) is 0 Å². The Morgan fingerprint density at radius 3 is 2.81 bits per heavy atom. The molecule has 0 aliphatic heterocycles. The number of pyridine rings is 1. The molecule has 6 heteroatoms. The molecule has 0 saturated carbocycles. The molecule has 0 saturated heterocycles. The first-order valence-electron chi connectivity index (χ1n) is 8.36. The number of hydrogen-bond donors (Lipinski definition) is 0. The van der Waals surface area contributed by atoms with Crippen LogP contribution in [0, 0.1) is 6.92 Å². The normalized spacial score (nSPS) is 11.1. The summed E-state index contributed by atoms with van der Waals surface area (Å²) < 4.78 is 3.69. The molecule has 3 heterocycles. The zero-order chi connectivity index (χ0) is 17.9. The van der Waals surface area contributed by atoms with E-state index in [9.17, 15) is 4.79 Å². The summed E-state index contributed by atoms with van der Waals surface area (Å²) in [5.74, 6) is 0.603. The quantitative estimate of drug-likeness (QED) is 0.510. The van der Waals surface area contributed by atoms with Gasteiger partial charge in [0, 0.05) is 37.0 Å². The standard InChI is InChI=1S/C20H18N4OS/c1-15-7-8-18-22-17(11-19(25)24(18)12-15)14-26-20-21-9-10-23(20)13-16-5-3-2-4-6-16/h2-12H,13-14H2,1H3. The Labute approximate surface area is 155 Å². The maximum atomic E-state index is 12.3. The van der Waals surface area contributed by atoms with Gasteiger partial charge in [-0.25, -0.2) is 9.97 Å². The smallest absolute Gasteiger partial charge is 0.258 e. The number of nitrogens with zero attached hydrogens (tertiary/aromatic N) is 4. The van der Waals surface area contributed by atoms with E-state index in [-0.39, 0.29) is 5.56 Å². The van der Waals surface area contributed by atoms with Crippen LogP contribution in [0.3, 0.4) is 0 Å². The Morgan fingerprint density at radius 2 is 1.96 bits per heavy atom. The molecule has 0 radical (unpaired) electrons. The SMILES string of the molecule is Cc1ccc2nc(CSc3nccn3Cc3ccccc3)cc(=O)n2c1. The molecule has 0 spiro atoms. The monoisotopic (exact) mass is 362 g/mol. The molecule has 0 amide bonds. The van der Waals surface area contributed by atoms with E-state index in [1.54, 1.807) is 28.4 Å². The van der Waals surface area contributed by atoms with Gasteiger partial charge in [-0.1, -0.05) is 48.2 Å². The van der Waals surface area contributed by atoms with Crippen molar-refractivity contribution in [3.8, 4) is 0 Å². The molecule has 0 bridgehead atoms. The summed E-state index contributed by atoms with van der Waals surface area (Å²) >= 11 is 1.59. The molecule has 0 unspecified atom stereocenters. The lowest BCUT2D eigenvalue weighted by Crippen LogP contribution is -2.15. The molecular weight excluding hydrogens is 344 g/mol. The third-order valence-electron chi connectivity index (χ3n) is 4.08. The summed E-state index contributed by atoms with van der Waals surface area (Å²) in [7, 11) is 0. The Morgan fingerprint density at radius 1 is 1.12 bits per heavy atom. The summed E-state index contributed by atoms with van der Waals surface area (Å²) in [4.78, 5) is 21.3. The van der Waals surface area contributed by atoms with Crippen molar-refractivity contribution in [2.24, 2.45) is 0 Å². The maximum absolute atomic E-state index is 12.3. The highest BCUT2D eigenvalue weighted by atomic mass is 32.2. The topological polar surface area (TPSA) is 52.2 Å². The lowest BCUT2D eigenvalue weighted by atomic mass is 10.2. The summed E-state index contributed by atoms with van der Waals surface area (Å²) in [6.07, 6.45) is 5.59.